The van der Waals surface area contributed by atoms with Gasteiger partial charge in [-0.05, 0) is 67.2 Å². The van der Waals surface area contributed by atoms with E-state index in [0.717, 1.165) is 34.7 Å². The van der Waals surface area contributed by atoms with Gasteiger partial charge >= 0.3 is 0 Å². The Kier molecular flexibility index (Phi) is 4.50. The second-order valence-corrected chi connectivity index (χ2v) is 7.04. The third kappa shape index (κ3) is 3.16. The summed E-state index contributed by atoms with van der Waals surface area (Å²) in [6.45, 7) is 6.70. The minimum atomic E-state index is -0.303. The Morgan fingerprint density at radius 1 is 1.17 bits per heavy atom. The van der Waals surface area contributed by atoms with Crippen LogP contribution in [-0.2, 0) is 0 Å². The smallest absolute Gasteiger partial charge is 0.0820 e. The van der Waals surface area contributed by atoms with Crippen molar-refractivity contribution in [3.63, 3.8) is 0 Å². The first-order valence-corrected chi connectivity index (χ1v) is 7.70. The molecule has 18 heavy (non-hydrogen) atoms. The SMILES string of the molecule is Cc1cc(Br)ccc1C(O)C1CC(C)CC(C)C1. The van der Waals surface area contributed by atoms with Gasteiger partial charge in [-0.2, -0.15) is 0 Å². The van der Waals surface area contributed by atoms with Gasteiger partial charge in [0.2, 0.25) is 0 Å². The van der Waals surface area contributed by atoms with Crippen molar-refractivity contribution >= 4 is 15.9 Å². The Hall–Kier alpha value is -0.340. The predicted molar refractivity (Wildman–Crippen MR) is 79.5 cm³/mol. The molecule has 0 bridgehead atoms. The lowest BCUT2D eigenvalue weighted by molar-refractivity contribution is 0.0547. The summed E-state index contributed by atoms with van der Waals surface area (Å²) in [6, 6.07) is 6.18. The van der Waals surface area contributed by atoms with Gasteiger partial charge in [0.25, 0.3) is 0 Å². The number of rotatable bonds is 2. The maximum Gasteiger partial charge on any atom is 0.0820 e. The molecule has 100 valence electrons. The van der Waals surface area contributed by atoms with Crippen molar-refractivity contribution in [1.29, 1.82) is 0 Å². The van der Waals surface area contributed by atoms with Crippen molar-refractivity contribution < 1.29 is 5.11 Å². The highest BCUT2D eigenvalue weighted by molar-refractivity contribution is 9.10. The highest BCUT2D eigenvalue weighted by Gasteiger charge is 2.30. The van der Waals surface area contributed by atoms with E-state index >= 15 is 0 Å². The molecule has 3 atom stereocenters. The van der Waals surface area contributed by atoms with Crippen molar-refractivity contribution in [2.75, 3.05) is 0 Å². The number of aliphatic hydroxyl groups excluding tert-OH is 1. The number of hydrogen-bond donors (Lipinski definition) is 1. The normalized spacial score (nSPS) is 30.2. The van der Waals surface area contributed by atoms with Gasteiger partial charge in [0.1, 0.15) is 0 Å². The van der Waals surface area contributed by atoms with E-state index in [9.17, 15) is 5.11 Å². The molecule has 1 fully saturated rings. The lowest BCUT2D eigenvalue weighted by atomic mass is 9.73. The fourth-order valence-corrected chi connectivity index (χ4v) is 3.97. The quantitative estimate of drug-likeness (QED) is 0.826. The minimum absolute atomic E-state index is 0.303. The Balaban J connectivity index is 2.17. The zero-order valence-electron chi connectivity index (χ0n) is 11.5. The third-order valence-electron chi connectivity index (χ3n) is 4.21. The fraction of sp³-hybridized carbons (Fsp3) is 0.625. The van der Waals surface area contributed by atoms with Crippen molar-refractivity contribution in [1.82, 2.24) is 0 Å². The molecule has 2 rings (SSSR count). The van der Waals surface area contributed by atoms with Crippen LogP contribution < -0.4 is 0 Å². The Labute approximate surface area is 119 Å². The number of benzene rings is 1. The molecule has 2 heteroatoms. The third-order valence-corrected chi connectivity index (χ3v) is 4.71. The lowest BCUT2D eigenvalue weighted by Crippen LogP contribution is -2.25. The summed E-state index contributed by atoms with van der Waals surface area (Å²) in [4.78, 5) is 0. The van der Waals surface area contributed by atoms with Crippen LogP contribution in [0.25, 0.3) is 0 Å². The Morgan fingerprint density at radius 2 is 1.78 bits per heavy atom. The average Bonchev–Trinajstić information content (AvgIpc) is 2.26. The molecule has 0 saturated heterocycles. The predicted octanol–water partition coefficient (Wildman–Crippen LogP) is 4.86. The van der Waals surface area contributed by atoms with Gasteiger partial charge in [0.15, 0.2) is 0 Å². The molecular weight excluding hydrogens is 288 g/mol. The first-order chi connectivity index (χ1) is 8.47. The average molecular weight is 311 g/mol. The molecule has 3 unspecified atom stereocenters. The van der Waals surface area contributed by atoms with E-state index in [1.165, 1.54) is 12.0 Å². The largest absolute Gasteiger partial charge is 0.388 e. The minimum Gasteiger partial charge on any atom is -0.388 e. The first kappa shape index (κ1) is 14.1. The standard InChI is InChI=1S/C16H23BrO/c1-10-6-11(2)8-13(7-10)16(18)15-5-4-14(17)9-12(15)3/h4-5,9-11,13,16,18H,6-8H2,1-3H3. The van der Waals surface area contributed by atoms with Gasteiger partial charge in [-0.1, -0.05) is 35.8 Å². The molecule has 1 aromatic rings. The highest BCUT2D eigenvalue weighted by atomic mass is 79.9. The van der Waals surface area contributed by atoms with Gasteiger partial charge in [-0.25, -0.2) is 0 Å². The van der Waals surface area contributed by atoms with Crippen LogP contribution in [0.1, 0.15) is 50.3 Å². The maximum absolute atomic E-state index is 10.6. The maximum atomic E-state index is 10.6. The Morgan fingerprint density at radius 3 is 2.33 bits per heavy atom. The van der Waals surface area contributed by atoms with Crippen LogP contribution in [0.2, 0.25) is 0 Å². The van der Waals surface area contributed by atoms with Crippen LogP contribution in [0.15, 0.2) is 22.7 Å². The lowest BCUT2D eigenvalue weighted by Gasteiger charge is -2.35. The molecule has 1 aliphatic carbocycles. The van der Waals surface area contributed by atoms with Crippen LogP contribution in [0.4, 0.5) is 0 Å². The van der Waals surface area contributed by atoms with Gasteiger partial charge < -0.3 is 5.11 Å². The van der Waals surface area contributed by atoms with Crippen molar-refractivity contribution in [2.24, 2.45) is 17.8 Å². The molecular formula is C16H23BrO. The number of hydrogen-bond acceptors (Lipinski definition) is 1. The molecule has 1 saturated carbocycles. The number of aliphatic hydroxyl groups is 1. The van der Waals surface area contributed by atoms with E-state index in [4.69, 9.17) is 0 Å². The van der Waals surface area contributed by atoms with Crippen LogP contribution in [-0.4, -0.2) is 5.11 Å². The van der Waals surface area contributed by atoms with Crippen molar-refractivity contribution in [3.8, 4) is 0 Å². The van der Waals surface area contributed by atoms with Crippen molar-refractivity contribution in [2.45, 2.75) is 46.1 Å². The van der Waals surface area contributed by atoms with Crippen LogP contribution in [0, 0.1) is 24.7 Å². The van der Waals surface area contributed by atoms with Crippen LogP contribution >= 0.6 is 15.9 Å². The van der Waals surface area contributed by atoms with E-state index in [1.807, 2.05) is 6.07 Å². The molecule has 1 aliphatic rings. The monoisotopic (exact) mass is 310 g/mol. The number of halogens is 1. The molecule has 0 aliphatic heterocycles. The van der Waals surface area contributed by atoms with Crippen molar-refractivity contribution in [3.05, 3.63) is 33.8 Å². The molecule has 0 aromatic heterocycles. The summed E-state index contributed by atoms with van der Waals surface area (Å²) in [7, 11) is 0. The molecule has 1 nitrogen and oxygen atoms in total. The van der Waals surface area contributed by atoms with E-state index in [1.54, 1.807) is 0 Å². The van der Waals surface area contributed by atoms with E-state index < -0.39 is 0 Å². The molecule has 0 spiro atoms. The van der Waals surface area contributed by atoms with Crippen LogP contribution in [0.5, 0.6) is 0 Å². The number of aryl methyl sites for hydroxylation is 1. The summed E-state index contributed by atoms with van der Waals surface area (Å²) in [5.41, 5.74) is 2.28. The second-order valence-electron chi connectivity index (χ2n) is 6.12. The summed E-state index contributed by atoms with van der Waals surface area (Å²) in [5, 5.41) is 10.6. The highest BCUT2D eigenvalue weighted by Crippen LogP contribution is 2.40. The first-order valence-electron chi connectivity index (χ1n) is 6.91. The summed E-state index contributed by atoms with van der Waals surface area (Å²) in [6.07, 6.45) is 3.31. The van der Waals surface area contributed by atoms with E-state index in [-0.39, 0.29) is 6.10 Å². The van der Waals surface area contributed by atoms with Gasteiger partial charge in [-0.15, -0.1) is 0 Å². The van der Waals surface area contributed by atoms with Crippen LogP contribution in [0.3, 0.4) is 0 Å². The van der Waals surface area contributed by atoms with Gasteiger partial charge in [-0.3, -0.25) is 0 Å². The topological polar surface area (TPSA) is 20.2 Å². The molecule has 1 N–H and O–H groups in total. The summed E-state index contributed by atoms with van der Waals surface area (Å²) < 4.78 is 1.08. The van der Waals surface area contributed by atoms with Gasteiger partial charge in [0, 0.05) is 4.47 Å². The van der Waals surface area contributed by atoms with E-state index in [0.29, 0.717) is 5.92 Å². The molecule has 1 aromatic carbocycles. The van der Waals surface area contributed by atoms with Gasteiger partial charge in [0.05, 0.1) is 6.10 Å². The summed E-state index contributed by atoms with van der Waals surface area (Å²) >= 11 is 3.48. The summed E-state index contributed by atoms with van der Waals surface area (Å²) in [5.74, 6) is 1.90. The molecule has 0 amide bonds. The zero-order chi connectivity index (χ0) is 13.3. The molecule has 0 heterocycles. The zero-order valence-corrected chi connectivity index (χ0v) is 13.1. The Bertz CT molecular complexity index is 406. The second kappa shape index (κ2) is 5.75. The molecule has 0 radical (unpaired) electrons. The van der Waals surface area contributed by atoms with E-state index in [2.05, 4.69) is 48.8 Å². The fourth-order valence-electron chi connectivity index (χ4n) is 3.49.